The number of aromatic nitrogens is 3. The molecule has 214 valence electrons. The Labute approximate surface area is 223 Å². The minimum Gasteiger partial charge on any atom is -0.351 e. The largest absolute Gasteiger partial charge is 0.451 e. The molecule has 4 rings (SSSR count). The van der Waals surface area contributed by atoms with E-state index in [1.54, 1.807) is 0 Å². The van der Waals surface area contributed by atoms with Crippen molar-refractivity contribution in [1.82, 2.24) is 24.6 Å². The third kappa shape index (κ3) is 6.38. The Morgan fingerprint density at radius 1 is 1.05 bits per heavy atom. The highest BCUT2D eigenvalue weighted by Gasteiger charge is 2.46. The first-order valence-corrected chi connectivity index (χ1v) is 13.1. The molecule has 1 aliphatic heterocycles. The molecule has 3 aromatic rings. The predicted molar refractivity (Wildman–Crippen MR) is 125 cm³/mol. The van der Waals surface area contributed by atoms with Gasteiger partial charge in [-0.25, -0.2) is 35.9 Å². The number of nitrogens with zero attached hydrogens (tertiary/aromatic N) is 4. The lowest BCUT2D eigenvalue weighted by Crippen LogP contribution is -2.48. The average molecular weight is 592 g/mol. The fourth-order valence-corrected chi connectivity index (χ4v) is 5.99. The highest BCUT2D eigenvalue weighted by molar-refractivity contribution is 7.89. The molecule has 1 amide bonds. The second-order valence-electron chi connectivity index (χ2n) is 8.86. The summed E-state index contributed by atoms with van der Waals surface area (Å²) >= 11 is 0. The lowest BCUT2D eigenvalue weighted by Gasteiger charge is -2.27. The van der Waals surface area contributed by atoms with E-state index >= 15 is 0 Å². The Balaban J connectivity index is 1.56. The van der Waals surface area contributed by atoms with E-state index < -0.39 is 70.9 Å². The standard InChI is InChI=1S/C24H20F7N5O3S/c25-16-1-3-17(4-2-16)40(38,39)36-6-5-13(8-20(27)28)21(36)22(37)33-9-14-7-19(32-12-18(14)26)15-10-34-23(35-11-15)24(29,30)31/h1-4,7,10-13,20-21H,5-6,8-9H2,(H,33,37)/t13-,21+/m1/s1. The molecule has 1 aromatic carbocycles. The molecule has 0 saturated carbocycles. The number of hydrogen-bond donors (Lipinski definition) is 1. The molecule has 0 unspecified atom stereocenters. The van der Waals surface area contributed by atoms with Gasteiger partial charge in [0.2, 0.25) is 28.2 Å². The van der Waals surface area contributed by atoms with Crippen LogP contribution in [0.4, 0.5) is 30.7 Å². The molecule has 2 atom stereocenters. The molecule has 16 heteroatoms. The fourth-order valence-electron chi connectivity index (χ4n) is 4.32. The number of carbonyl (C=O) groups is 1. The van der Waals surface area contributed by atoms with E-state index in [9.17, 15) is 43.9 Å². The average Bonchev–Trinajstić information content (AvgIpc) is 3.31. The normalized spacial score (nSPS) is 18.3. The summed E-state index contributed by atoms with van der Waals surface area (Å²) in [5.74, 6) is -5.02. The maximum Gasteiger partial charge on any atom is 0.451 e. The van der Waals surface area contributed by atoms with Gasteiger partial charge in [-0.1, -0.05) is 0 Å². The van der Waals surface area contributed by atoms with Gasteiger partial charge < -0.3 is 5.32 Å². The van der Waals surface area contributed by atoms with Crippen molar-refractivity contribution in [2.75, 3.05) is 6.54 Å². The summed E-state index contributed by atoms with van der Waals surface area (Å²) in [7, 11) is -4.38. The molecule has 0 bridgehead atoms. The molecule has 0 aliphatic carbocycles. The van der Waals surface area contributed by atoms with Crippen LogP contribution in [0.5, 0.6) is 0 Å². The van der Waals surface area contributed by atoms with Crippen LogP contribution >= 0.6 is 0 Å². The fraction of sp³-hybridized carbons (Fsp3) is 0.333. The minimum absolute atomic E-state index is 0.0173. The molecule has 0 spiro atoms. The zero-order valence-electron chi connectivity index (χ0n) is 20.2. The topological polar surface area (TPSA) is 105 Å². The van der Waals surface area contributed by atoms with Gasteiger partial charge in [0, 0.05) is 43.0 Å². The number of amides is 1. The maximum atomic E-state index is 14.5. The number of benzene rings is 1. The molecule has 0 radical (unpaired) electrons. The Morgan fingerprint density at radius 2 is 1.70 bits per heavy atom. The molecule has 2 aromatic heterocycles. The summed E-state index contributed by atoms with van der Waals surface area (Å²) in [4.78, 5) is 23.0. The number of nitrogens with one attached hydrogen (secondary N) is 1. The van der Waals surface area contributed by atoms with Crippen LogP contribution in [0.2, 0.25) is 0 Å². The van der Waals surface area contributed by atoms with Crippen LogP contribution in [0.3, 0.4) is 0 Å². The molecule has 8 nitrogen and oxygen atoms in total. The van der Waals surface area contributed by atoms with Gasteiger partial charge in [0.25, 0.3) is 0 Å². The first-order valence-electron chi connectivity index (χ1n) is 11.6. The second kappa shape index (κ2) is 11.4. The van der Waals surface area contributed by atoms with Gasteiger partial charge in [0.1, 0.15) is 17.7 Å². The highest BCUT2D eigenvalue weighted by Crippen LogP contribution is 2.34. The van der Waals surface area contributed by atoms with Crippen molar-refractivity contribution < 1.29 is 43.9 Å². The summed E-state index contributed by atoms with van der Waals surface area (Å²) in [6.45, 7) is -0.777. The van der Waals surface area contributed by atoms with Crippen molar-refractivity contribution >= 4 is 15.9 Å². The Bertz CT molecular complexity index is 1470. The molecule has 1 fully saturated rings. The number of hydrogen-bond acceptors (Lipinski definition) is 6. The van der Waals surface area contributed by atoms with Crippen molar-refractivity contribution in [3.05, 3.63) is 71.9 Å². The van der Waals surface area contributed by atoms with Gasteiger partial charge in [-0.15, -0.1) is 0 Å². The van der Waals surface area contributed by atoms with Crippen molar-refractivity contribution in [3.63, 3.8) is 0 Å². The van der Waals surface area contributed by atoms with Gasteiger partial charge in [-0.2, -0.15) is 17.5 Å². The van der Waals surface area contributed by atoms with E-state index in [1.165, 1.54) is 0 Å². The number of sulfonamides is 1. The number of rotatable bonds is 8. The van der Waals surface area contributed by atoms with E-state index in [4.69, 9.17) is 0 Å². The van der Waals surface area contributed by atoms with Gasteiger partial charge in [0.05, 0.1) is 16.8 Å². The third-order valence-electron chi connectivity index (χ3n) is 6.24. The van der Waals surface area contributed by atoms with E-state index in [0.29, 0.717) is 0 Å². The smallest absolute Gasteiger partial charge is 0.351 e. The monoisotopic (exact) mass is 591 g/mol. The molecule has 1 aliphatic rings. The van der Waals surface area contributed by atoms with Crippen molar-refractivity contribution in [3.8, 4) is 11.3 Å². The van der Waals surface area contributed by atoms with E-state index in [-0.39, 0.29) is 34.7 Å². The van der Waals surface area contributed by atoms with Crippen LogP contribution in [0.1, 0.15) is 24.2 Å². The highest BCUT2D eigenvalue weighted by atomic mass is 32.2. The summed E-state index contributed by atoms with van der Waals surface area (Å²) in [5, 5.41) is 2.36. The molecule has 1 N–H and O–H groups in total. The van der Waals surface area contributed by atoms with Crippen LogP contribution in [0.25, 0.3) is 11.3 Å². The zero-order valence-corrected chi connectivity index (χ0v) is 21.1. The molecule has 1 saturated heterocycles. The number of halogens is 7. The van der Waals surface area contributed by atoms with Gasteiger partial charge in [-0.3, -0.25) is 9.78 Å². The molecular formula is C24H20F7N5O3S. The summed E-state index contributed by atoms with van der Waals surface area (Å²) < 4.78 is 120. The Hall–Kier alpha value is -3.66. The minimum atomic E-state index is -4.77. The van der Waals surface area contributed by atoms with Crippen molar-refractivity contribution in [2.24, 2.45) is 5.92 Å². The quantitative estimate of drug-likeness (QED) is 0.394. The van der Waals surface area contributed by atoms with Crippen LogP contribution < -0.4 is 5.32 Å². The van der Waals surface area contributed by atoms with Crippen molar-refractivity contribution in [1.29, 1.82) is 0 Å². The Kier molecular flexibility index (Phi) is 8.39. The zero-order chi connectivity index (χ0) is 29.2. The van der Waals surface area contributed by atoms with E-state index in [2.05, 4.69) is 20.3 Å². The van der Waals surface area contributed by atoms with E-state index in [0.717, 1.165) is 53.2 Å². The second-order valence-corrected chi connectivity index (χ2v) is 10.8. The summed E-state index contributed by atoms with van der Waals surface area (Å²) in [6, 6.07) is 3.34. The van der Waals surface area contributed by atoms with Crippen LogP contribution in [-0.2, 0) is 27.5 Å². The summed E-state index contributed by atoms with van der Waals surface area (Å²) in [5.41, 5.74) is -0.170. The van der Waals surface area contributed by atoms with Gasteiger partial charge in [-0.05, 0) is 42.7 Å². The Morgan fingerprint density at radius 3 is 2.30 bits per heavy atom. The lowest BCUT2D eigenvalue weighted by atomic mass is 9.96. The van der Waals surface area contributed by atoms with Gasteiger partial charge >= 0.3 is 6.18 Å². The molecule has 40 heavy (non-hydrogen) atoms. The van der Waals surface area contributed by atoms with Crippen LogP contribution in [0, 0.1) is 17.6 Å². The predicted octanol–water partition coefficient (Wildman–Crippen LogP) is 4.19. The van der Waals surface area contributed by atoms with Crippen LogP contribution in [-0.4, -0.2) is 52.6 Å². The first-order chi connectivity index (χ1) is 18.8. The number of alkyl halides is 5. The van der Waals surface area contributed by atoms with Gasteiger partial charge in [0.15, 0.2) is 0 Å². The van der Waals surface area contributed by atoms with Crippen LogP contribution in [0.15, 0.2) is 53.8 Å². The maximum absolute atomic E-state index is 14.5. The number of carbonyl (C=O) groups excluding carboxylic acids is 1. The SMILES string of the molecule is O=C(NCc1cc(-c2cnc(C(F)(F)F)nc2)ncc1F)[C@@H]1[C@@H](CC(F)F)CCN1S(=O)(=O)c1ccc(F)cc1. The molecule has 3 heterocycles. The number of pyridine rings is 1. The molecular weight excluding hydrogens is 571 g/mol. The van der Waals surface area contributed by atoms with E-state index in [1.807, 2.05) is 0 Å². The third-order valence-corrected chi connectivity index (χ3v) is 8.13. The lowest BCUT2D eigenvalue weighted by molar-refractivity contribution is -0.145. The first kappa shape index (κ1) is 29.3. The van der Waals surface area contributed by atoms with Crippen molar-refractivity contribution in [2.45, 2.75) is 42.9 Å². The summed E-state index contributed by atoms with van der Waals surface area (Å²) in [6.07, 6.45) is -5.99.